The minimum Gasteiger partial charge on any atom is -0.549 e. The molecule has 0 heterocycles. The molecule has 0 saturated carbocycles. The third-order valence-electron chi connectivity index (χ3n) is 2.92. The highest BCUT2D eigenvalue weighted by molar-refractivity contribution is 6.74. The Morgan fingerprint density at radius 1 is 1.33 bits per heavy atom. The van der Waals surface area contributed by atoms with Crippen LogP contribution in [0.25, 0.3) is 0 Å². The molecule has 0 atom stereocenters. The zero-order chi connectivity index (χ0) is 12.1. The van der Waals surface area contributed by atoms with Gasteiger partial charge in [0.2, 0.25) is 8.32 Å². The van der Waals surface area contributed by atoms with Gasteiger partial charge in [-0.3, -0.25) is 4.79 Å². The van der Waals surface area contributed by atoms with E-state index in [2.05, 4.69) is 33.9 Å². The fraction of sp³-hybridized carbons (Fsp3) is 0.750. The second-order valence-corrected chi connectivity index (χ2v) is 10.2. The van der Waals surface area contributed by atoms with Crippen molar-refractivity contribution in [1.82, 2.24) is 0 Å². The number of carbonyl (C=O) groups excluding carboxylic acids is 1. The maximum Gasteiger partial charge on any atom is 0.249 e. The van der Waals surface area contributed by atoms with Crippen LogP contribution < -0.4 is 0 Å². The topological polar surface area (TPSA) is 26.3 Å². The second-order valence-electron chi connectivity index (χ2n) is 5.40. The Morgan fingerprint density at radius 2 is 1.87 bits per heavy atom. The normalized spacial score (nSPS) is 13.2. The second kappa shape index (κ2) is 5.49. The van der Waals surface area contributed by atoms with Crippen LogP contribution in [0.4, 0.5) is 0 Å². The van der Waals surface area contributed by atoms with Crippen molar-refractivity contribution < 1.29 is 9.22 Å². The van der Waals surface area contributed by atoms with Crippen molar-refractivity contribution in [2.45, 2.75) is 58.7 Å². The van der Waals surface area contributed by atoms with Crippen LogP contribution in [-0.4, -0.2) is 14.1 Å². The average molecular weight is 228 g/mol. The van der Waals surface area contributed by atoms with E-state index in [4.69, 9.17) is 4.43 Å². The molecule has 0 amide bonds. The van der Waals surface area contributed by atoms with Gasteiger partial charge in [0.05, 0.1) is 6.26 Å². The van der Waals surface area contributed by atoms with Crippen molar-refractivity contribution in [3.05, 3.63) is 12.3 Å². The molecule has 0 aromatic rings. The molecule has 3 heteroatoms. The monoisotopic (exact) mass is 228 g/mol. The summed E-state index contributed by atoms with van der Waals surface area (Å²) in [6.45, 7) is 12.9. The first-order valence-corrected chi connectivity index (χ1v) is 8.48. The Morgan fingerprint density at radius 3 is 2.27 bits per heavy atom. The SMILES string of the molecule is CCCC(=O)C=CO[Si](C)(C)C(C)(C)C. The van der Waals surface area contributed by atoms with E-state index in [1.165, 1.54) is 0 Å². The molecule has 0 fully saturated rings. The van der Waals surface area contributed by atoms with E-state index in [1.807, 2.05) is 6.92 Å². The molecule has 0 bridgehead atoms. The van der Waals surface area contributed by atoms with Crippen LogP contribution >= 0.6 is 0 Å². The van der Waals surface area contributed by atoms with Crippen molar-refractivity contribution in [2.24, 2.45) is 0 Å². The molecule has 0 N–H and O–H groups in total. The smallest absolute Gasteiger partial charge is 0.249 e. The maximum absolute atomic E-state index is 11.2. The number of hydrogen-bond acceptors (Lipinski definition) is 2. The molecular weight excluding hydrogens is 204 g/mol. The number of allylic oxidation sites excluding steroid dienone is 1. The molecule has 15 heavy (non-hydrogen) atoms. The summed E-state index contributed by atoms with van der Waals surface area (Å²) < 4.78 is 5.75. The highest BCUT2D eigenvalue weighted by Crippen LogP contribution is 2.36. The first-order chi connectivity index (χ1) is 6.70. The van der Waals surface area contributed by atoms with E-state index in [-0.39, 0.29) is 10.8 Å². The van der Waals surface area contributed by atoms with Gasteiger partial charge in [-0.15, -0.1) is 0 Å². The summed E-state index contributed by atoms with van der Waals surface area (Å²) in [5.41, 5.74) is 0. The van der Waals surface area contributed by atoms with Gasteiger partial charge >= 0.3 is 0 Å². The minimum atomic E-state index is -1.73. The number of hydrogen-bond donors (Lipinski definition) is 0. The molecule has 88 valence electrons. The lowest BCUT2D eigenvalue weighted by Gasteiger charge is -2.34. The lowest BCUT2D eigenvalue weighted by atomic mass is 10.2. The molecular formula is C12H24O2Si. The Labute approximate surface area is 94.8 Å². The highest BCUT2D eigenvalue weighted by Gasteiger charge is 2.37. The van der Waals surface area contributed by atoms with Gasteiger partial charge in [0.15, 0.2) is 5.78 Å². The predicted molar refractivity (Wildman–Crippen MR) is 67.3 cm³/mol. The molecule has 0 aliphatic carbocycles. The standard InChI is InChI=1S/C12H24O2Si/c1-7-8-11(13)9-10-14-15(5,6)12(2,3)4/h9-10H,7-8H2,1-6H3. The minimum absolute atomic E-state index is 0.149. The molecule has 0 radical (unpaired) electrons. The van der Waals surface area contributed by atoms with Crippen molar-refractivity contribution in [1.29, 1.82) is 0 Å². The molecule has 0 spiro atoms. The van der Waals surface area contributed by atoms with Gasteiger partial charge in [-0.05, 0) is 24.6 Å². The van der Waals surface area contributed by atoms with E-state index < -0.39 is 8.32 Å². The summed E-state index contributed by atoms with van der Waals surface area (Å²) in [6, 6.07) is 0. The van der Waals surface area contributed by atoms with E-state index >= 15 is 0 Å². The lowest BCUT2D eigenvalue weighted by molar-refractivity contribution is -0.114. The van der Waals surface area contributed by atoms with Gasteiger partial charge in [-0.2, -0.15) is 0 Å². The van der Waals surface area contributed by atoms with Gasteiger partial charge in [0.1, 0.15) is 0 Å². The van der Waals surface area contributed by atoms with Gasteiger partial charge in [0.25, 0.3) is 0 Å². The van der Waals surface area contributed by atoms with Crippen LogP contribution in [0.1, 0.15) is 40.5 Å². The molecule has 0 aromatic heterocycles. The Bertz CT molecular complexity index is 236. The summed E-state index contributed by atoms with van der Waals surface area (Å²) in [5.74, 6) is 0.149. The summed E-state index contributed by atoms with van der Waals surface area (Å²) in [6.07, 6.45) is 4.65. The third kappa shape index (κ3) is 5.16. The van der Waals surface area contributed by atoms with Gasteiger partial charge < -0.3 is 4.43 Å². The Balaban J connectivity index is 4.21. The van der Waals surface area contributed by atoms with Gasteiger partial charge in [-0.1, -0.05) is 27.7 Å². The molecule has 2 nitrogen and oxygen atoms in total. The number of carbonyl (C=O) groups is 1. The van der Waals surface area contributed by atoms with E-state index in [1.54, 1.807) is 12.3 Å². The molecule has 0 unspecified atom stereocenters. The van der Waals surface area contributed by atoms with Crippen LogP contribution in [0.3, 0.4) is 0 Å². The molecule has 0 aliphatic rings. The quantitative estimate of drug-likeness (QED) is 0.405. The van der Waals surface area contributed by atoms with Gasteiger partial charge in [-0.25, -0.2) is 0 Å². The number of ketones is 1. The first-order valence-electron chi connectivity index (χ1n) is 5.58. The van der Waals surface area contributed by atoms with E-state index in [9.17, 15) is 4.79 Å². The average Bonchev–Trinajstić information content (AvgIpc) is 2.01. The molecule has 0 saturated heterocycles. The summed E-state index contributed by atoms with van der Waals surface area (Å²) >= 11 is 0. The van der Waals surface area contributed by atoms with E-state index in [0.29, 0.717) is 6.42 Å². The lowest BCUT2D eigenvalue weighted by Crippen LogP contribution is -2.39. The Hall–Kier alpha value is -0.573. The number of rotatable bonds is 5. The van der Waals surface area contributed by atoms with E-state index in [0.717, 1.165) is 6.42 Å². The van der Waals surface area contributed by atoms with Crippen molar-refractivity contribution >= 4 is 14.1 Å². The van der Waals surface area contributed by atoms with Crippen molar-refractivity contribution in [3.63, 3.8) is 0 Å². The highest BCUT2D eigenvalue weighted by atomic mass is 28.4. The molecule has 0 aliphatic heterocycles. The van der Waals surface area contributed by atoms with Crippen molar-refractivity contribution in [2.75, 3.05) is 0 Å². The van der Waals surface area contributed by atoms with Crippen LogP contribution in [0, 0.1) is 0 Å². The zero-order valence-corrected chi connectivity index (χ0v) is 11.9. The third-order valence-corrected chi connectivity index (χ3v) is 7.26. The largest absolute Gasteiger partial charge is 0.549 e. The summed E-state index contributed by atoms with van der Waals surface area (Å²) in [7, 11) is -1.73. The first kappa shape index (κ1) is 14.4. The van der Waals surface area contributed by atoms with Crippen LogP contribution in [-0.2, 0) is 9.22 Å². The van der Waals surface area contributed by atoms with Crippen molar-refractivity contribution in [3.8, 4) is 0 Å². The fourth-order valence-electron chi connectivity index (χ4n) is 0.787. The van der Waals surface area contributed by atoms with Crippen LogP contribution in [0.2, 0.25) is 18.1 Å². The predicted octanol–water partition coefficient (Wildman–Crippen LogP) is 3.89. The van der Waals surface area contributed by atoms with Crippen LogP contribution in [0.5, 0.6) is 0 Å². The van der Waals surface area contributed by atoms with Crippen LogP contribution in [0.15, 0.2) is 12.3 Å². The Kier molecular flexibility index (Phi) is 5.28. The summed E-state index contributed by atoms with van der Waals surface area (Å²) in [4.78, 5) is 11.2. The fourth-order valence-corrected chi connectivity index (χ4v) is 1.55. The maximum atomic E-state index is 11.2. The zero-order valence-electron chi connectivity index (χ0n) is 10.9. The van der Waals surface area contributed by atoms with Gasteiger partial charge in [0, 0.05) is 12.5 Å². The summed E-state index contributed by atoms with van der Waals surface area (Å²) in [5, 5.41) is 0.186. The molecule has 0 rings (SSSR count). The molecule has 0 aromatic carbocycles.